The molecule has 2 amide bonds. The van der Waals surface area contributed by atoms with Crippen molar-refractivity contribution in [3.8, 4) is 0 Å². The number of nitrogens with zero attached hydrogens (tertiary/aromatic N) is 2. The molecule has 1 aliphatic heterocycles. The van der Waals surface area contributed by atoms with E-state index in [0.717, 1.165) is 13.1 Å². The summed E-state index contributed by atoms with van der Waals surface area (Å²) < 4.78 is 0. The lowest BCUT2D eigenvalue weighted by Gasteiger charge is -2.35. The van der Waals surface area contributed by atoms with E-state index in [4.69, 9.17) is 0 Å². The van der Waals surface area contributed by atoms with Gasteiger partial charge in [0.25, 0.3) is 0 Å². The summed E-state index contributed by atoms with van der Waals surface area (Å²) in [5, 5.41) is 2.61. The summed E-state index contributed by atoms with van der Waals surface area (Å²) in [6.45, 7) is 7.39. The molecule has 1 aliphatic rings. The molecule has 1 N–H and O–H groups in total. The van der Waals surface area contributed by atoms with E-state index in [1.165, 1.54) is 0 Å². The van der Waals surface area contributed by atoms with E-state index < -0.39 is 0 Å². The van der Waals surface area contributed by atoms with Gasteiger partial charge in [0.05, 0.1) is 11.4 Å². The molecule has 0 saturated carbocycles. The van der Waals surface area contributed by atoms with Crippen LogP contribution in [0.25, 0.3) is 0 Å². The first kappa shape index (κ1) is 15.4. The molecule has 0 aromatic rings. The molecule has 1 fully saturated rings. The maximum absolute atomic E-state index is 12.1. The minimum Gasteiger partial charge on any atom is -0.358 e. The Kier molecular flexibility index (Phi) is 6.08. The highest BCUT2D eigenvalue weighted by atomic mass is 79.9. The molecule has 1 heterocycles. The number of halogens is 1. The molecule has 1 unspecified atom stereocenters. The van der Waals surface area contributed by atoms with Crippen LogP contribution in [0.15, 0.2) is 0 Å². The van der Waals surface area contributed by atoms with Crippen molar-refractivity contribution >= 4 is 27.7 Å². The van der Waals surface area contributed by atoms with Crippen LogP contribution >= 0.6 is 15.9 Å². The van der Waals surface area contributed by atoms with E-state index in [9.17, 15) is 9.59 Å². The Morgan fingerprint density at radius 1 is 1.22 bits per heavy atom. The number of hydrogen-bond donors (Lipinski definition) is 1. The number of amides is 2. The van der Waals surface area contributed by atoms with Gasteiger partial charge in [-0.1, -0.05) is 29.8 Å². The zero-order chi connectivity index (χ0) is 13.7. The summed E-state index contributed by atoms with van der Waals surface area (Å²) in [5.74, 6) is 0.473. The number of hydrogen-bond acceptors (Lipinski definition) is 3. The van der Waals surface area contributed by atoms with Crippen LogP contribution in [0.2, 0.25) is 0 Å². The molecule has 0 aliphatic carbocycles. The number of alkyl halides is 1. The third-order valence-electron chi connectivity index (χ3n) is 3.15. The molecule has 18 heavy (non-hydrogen) atoms. The first-order valence-electron chi connectivity index (χ1n) is 6.31. The lowest BCUT2D eigenvalue weighted by Crippen LogP contribution is -2.52. The van der Waals surface area contributed by atoms with Gasteiger partial charge in [0.15, 0.2) is 0 Å². The fraction of sp³-hybridized carbons (Fsp3) is 0.833. The Balaban J connectivity index is 2.39. The normalized spacial score (nSPS) is 18.8. The largest absolute Gasteiger partial charge is 0.358 e. The van der Waals surface area contributed by atoms with Gasteiger partial charge in [0, 0.05) is 33.2 Å². The highest BCUT2D eigenvalue weighted by Crippen LogP contribution is 2.16. The van der Waals surface area contributed by atoms with Crippen molar-refractivity contribution in [1.82, 2.24) is 15.1 Å². The second-order valence-electron chi connectivity index (χ2n) is 4.92. The zero-order valence-corrected chi connectivity index (χ0v) is 12.9. The molecule has 1 rings (SSSR count). The first-order valence-corrected chi connectivity index (χ1v) is 7.23. The smallest absolute Gasteiger partial charge is 0.236 e. The standard InChI is InChI=1S/C12H22BrN3O2/c1-9(2)11(13)12(18)16-6-4-15(5-7-16)8-10(17)14-3/h9,11H,4-8H2,1-3H3,(H,14,17). The number of carbonyl (C=O) groups is 2. The van der Waals surface area contributed by atoms with Gasteiger partial charge in [-0.25, -0.2) is 0 Å². The molecule has 1 saturated heterocycles. The van der Waals surface area contributed by atoms with E-state index in [2.05, 4.69) is 26.1 Å². The van der Waals surface area contributed by atoms with Crippen molar-refractivity contribution in [2.24, 2.45) is 5.92 Å². The van der Waals surface area contributed by atoms with Gasteiger partial charge in [0.2, 0.25) is 11.8 Å². The van der Waals surface area contributed by atoms with Crippen molar-refractivity contribution in [2.45, 2.75) is 18.7 Å². The molecule has 5 nitrogen and oxygen atoms in total. The second kappa shape index (κ2) is 7.09. The number of carbonyl (C=O) groups excluding carboxylic acids is 2. The van der Waals surface area contributed by atoms with Gasteiger partial charge in [-0.2, -0.15) is 0 Å². The summed E-state index contributed by atoms with van der Waals surface area (Å²) in [6, 6.07) is 0. The summed E-state index contributed by atoms with van der Waals surface area (Å²) in [4.78, 5) is 27.2. The zero-order valence-electron chi connectivity index (χ0n) is 11.3. The Morgan fingerprint density at radius 2 is 1.78 bits per heavy atom. The Labute approximate surface area is 117 Å². The lowest BCUT2D eigenvalue weighted by molar-refractivity contribution is -0.133. The summed E-state index contributed by atoms with van der Waals surface area (Å²) >= 11 is 3.44. The van der Waals surface area contributed by atoms with Gasteiger partial charge in [-0.15, -0.1) is 0 Å². The fourth-order valence-electron chi connectivity index (χ4n) is 1.87. The SMILES string of the molecule is CNC(=O)CN1CCN(C(=O)C(Br)C(C)C)CC1. The third-order valence-corrected chi connectivity index (χ3v) is 4.60. The van der Waals surface area contributed by atoms with Gasteiger partial charge in [0.1, 0.15) is 0 Å². The van der Waals surface area contributed by atoms with Crippen LogP contribution in [-0.4, -0.2) is 66.2 Å². The van der Waals surface area contributed by atoms with Crippen molar-refractivity contribution < 1.29 is 9.59 Å². The topological polar surface area (TPSA) is 52.7 Å². The molecule has 0 bridgehead atoms. The molecule has 0 aromatic heterocycles. The lowest BCUT2D eigenvalue weighted by atomic mass is 10.1. The Morgan fingerprint density at radius 3 is 2.22 bits per heavy atom. The summed E-state index contributed by atoms with van der Waals surface area (Å²) in [5.41, 5.74) is 0. The molecular weight excluding hydrogens is 298 g/mol. The van der Waals surface area contributed by atoms with E-state index in [-0.39, 0.29) is 16.6 Å². The second-order valence-corrected chi connectivity index (χ2v) is 5.91. The maximum Gasteiger partial charge on any atom is 0.236 e. The average molecular weight is 320 g/mol. The monoisotopic (exact) mass is 319 g/mol. The number of piperazine rings is 1. The minimum absolute atomic E-state index is 0.0234. The van der Waals surface area contributed by atoms with Crippen LogP contribution in [0, 0.1) is 5.92 Å². The van der Waals surface area contributed by atoms with Crippen LogP contribution < -0.4 is 5.32 Å². The Bertz CT molecular complexity index is 302. The molecule has 6 heteroatoms. The van der Waals surface area contributed by atoms with E-state index >= 15 is 0 Å². The molecular formula is C12H22BrN3O2. The summed E-state index contributed by atoms with van der Waals surface area (Å²) in [7, 11) is 1.64. The predicted molar refractivity (Wildman–Crippen MR) is 74.6 cm³/mol. The number of nitrogens with one attached hydrogen (secondary N) is 1. The number of likely N-dealkylation sites (N-methyl/N-ethyl adjacent to an activating group) is 1. The van der Waals surface area contributed by atoms with E-state index in [1.807, 2.05) is 18.7 Å². The van der Waals surface area contributed by atoms with Gasteiger partial charge >= 0.3 is 0 Å². The van der Waals surface area contributed by atoms with Crippen LogP contribution in [-0.2, 0) is 9.59 Å². The quantitative estimate of drug-likeness (QED) is 0.758. The van der Waals surface area contributed by atoms with Gasteiger partial charge < -0.3 is 10.2 Å². The molecule has 1 atom stereocenters. The van der Waals surface area contributed by atoms with Crippen molar-refractivity contribution in [2.75, 3.05) is 39.8 Å². The molecule has 104 valence electrons. The average Bonchev–Trinajstić information content (AvgIpc) is 2.37. The van der Waals surface area contributed by atoms with Gasteiger partial charge in [-0.05, 0) is 5.92 Å². The van der Waals surface area contributed by atoms with Crippen molar-refractivity contribution in [3.05, 3.63) is 0 Å². The van der Waals surface area contributed by atoms with E-state index in [0.29, 0.717) is 25.6 Å². The minimum atomic E-state index is -0.108. The van der Waals surface area contributed by atoms with Crippen LogP contribution in [0.3, 0.4) is 0 Å². The van der Waals surface area contributed by atoms with Crippen LogP contribution in [0.1, 0.15) is 13.8 Å². The van der Waals surface area contributed by atoms with E-state index in [1.54, 1.807) is 7.05 Å². The number of rotatable bonds is 4. The van der Waals surface area contributed by atoms with Gasteiger partial charge in [-0.3, -0.25) is 14.5 Å². The predicted octanol–water partition coefficient (Wildman–Crippen LogP) is 0.296. The Hall–Kier alpha value is -0.620. The molecule has 0 aromatic carbocycles. The van der Waals surface area contributed by atoms with Crippen molar-refractivity contribution in [1.29, 1.82) is 0 Å². The summed E-state index contributed by atoms with van der Waals surface area (Å²) in [6.07, 6.45) is 0. The molecule has 0 radical (unpaired) electrons. The first-order chi connectivity index (χ1) is 8.45. The van der Waals surface area contributed by atoms with Crippen LogP contribution in [0.5, 0.6) is 0 Å². The maximum atomic E-state index is 12.1. The molecule has 0 spiro atoms. The highest BCUT2D eigenvalue weighted by molar-refractivity contribution is 9.10. The highest BCUT2D eigenvalue weighted by Gasteiger charge is 2.27. The third kappa shape index (κ3) is 4.24. The van der Waals surface area contributed by atoms with Crippen LogP contribution in [0.4, 0.5) is 0 Å². The fourth-order valence-corrected chi connectivity index (χ4v) is 2.16. The van der Waals surface area contributed by atoms with Crippen molar-refractivity contribution in [3.63, 3.8) is 0 Å².